The number of fused-ring (bicyclic) bond motifs is 1. The SMILES string of the molecule is C=CC(=C)CC(O)CC(C)C.CC1=CCCCC1=O.CC1=C[C@@H](O)[C@@H]2C[C@H]1C2(C)C.CCCC/C=C\CCCCCCCCOC=O. The van der Waals surface area contributed by atoms with Crippen LogP contribution in [0, 0.1) is 23.2 Å². The van der Waals surface area contributed by atoms with Crippen molar-refractivity contribution in [2.24, 2.45) is 23.2 Å². The van der Waals surface area contributed by atoms with Crippen molar-refractivity contribution in [2.45, 2.75) is 163 Å². The number of aliphatic hydroxyl groups excluding tert-OH is 2. The third-order valence-electron chi connectivity index (χ3n) is 9.61. The first-order valence-electron chi connectivity index (χ1n) is 18.6. The smallest absolute Gasteiger partial charge is 0.293 e. The third kappa shape index (κ3) is 20.7. The summed E-state index contributed by atoms with van der Waals surface area (Å²) in [5.74, 6) is 2.14. The van der Waals surface area contributed by atoms with Gasteiger partial charge in [0.25, 0.3) is 6.47 Å². The summed E-state index contributed by atoms with van der Waals surface area (Å²) >= 11 is 0. The van der Waals surface area contributed by atoms with Gasteiger partial charge in [0.1, 0.15) is 0 Å². The molecule has 0 spiro atoms. The van der Waals surface area contributed by atoms with E-state index in [-0.39, 0.29) is 12.2 Å². The first-order chi connectivity index (χ1) is 22.3. The molecule has 0 aromatic carbocycles. The van der Waals surface area contributed by atoms with Crippen LogP contribution in [0.1, 0.15) is 151 Å². The third-order valence-corrected chi connectivity index (χ3v) is 9.61. The van der Waals surface area contributed by atoms with Gasteiger partial charge < -0.3 is 14.9 Å². The molecule has 4 aliphatic rings. The lowest BCUT2D eigenvalue weighted by Crippen LogP contribution is -2.53. The molecule has 1 unspecified atom stereocenters. The van der Waals surface area contributed by atoms with Gasteiger partial charge in [-0.1, -0.05) is 128 Å². The molecule has 5 heteroatoms. The van der Waals surface area contributed by atoms with Gasteiger partial charge in [-0.05, 0) is 100 Å². The standard InChI is InChI=1S/C15H28O2.C10H16O.C10H18O.C7H10O/c1-2-3-4-5-6-7-8-9-10-11-12-13-14-17-15-16;1-6-4-9(11)8-5-7(6)10(8,2)3;1-5-9(4)7-10(11)6-8(2)3;1-6-4-2-3-5-7(6)8/h5-6,15H,2-4,7-14H2,1H3;4,7-9,11H,5H2,1-3H3;5,8,10-11H,1,4,6-7H2,2-3H3;4H,2-3,5H2,1H3/b6-5-;;;/t;7-,8+,9-;;/m.1../s1. The minimum atomic E-state index is -0.250. The quantitative estimate of drug-likeness (QED) is 0.0664. The molecule has 47 heavy (non-hydrogen) atoms. The highest BCUT2D eigenvalue weighted by molar-refractivity contribution is 5.95. The molecule has 0 aliphatic heterocycles. The Kier molecular flexibility index (Phi) is 25.4. The highest BCUT2D eigenvalue weighted by Gasteiger charge is 2.53. The summed E-state index contributed by atoms with van der Waals surface area (Å²) in [5.41, 5.74) is 3.62. The zero-order valence-corrected chi connectivity index (χ0v) is 31.4. The monoisotopic (exact) mass is 657 g/mol. The molecule has 0 aromatic heterocycles. The second-order valence-electron chi connectivity index (χ2n) is 14.7. The van der Waals surface area contributed by atoms with Crippen molar-refractivity contribution in [1.82, 2.24) is 0 Å². The van der Waals surface area contributed by atoms with Crippen LogP contribution in [0.2, 0.25) is 0 Å². The number of rotatable bonds is 18. The largest absolute Gasteiger partial charge is 0.468 e. The van der Waals surface area contributed by atoms with Gasteiger partial charge in [-0.15, -0.1) is 0 Å². The number of allylic oxidation sites excluding steroid dienone is 6. The zero-order valence-electron chi connectivity index (χ0n) is 31.4. The van der Waals surface area contributed by atoms with Gasteiger partial charge in [-0.3, -0.25) is 9.59 Å². The number of Topliss-reactive ketones (excluding diaryl/α,β-unsaturated/α-hetero) is 1. The Balaban J connectivity index is 0.000000621. The lowest BCUT2D eigenvalue weighted by molar-refractivity contribution is -0.128. The number of hydrogen-bond acceptors (Lipinski definition) is 5. The second kappa shape index (κ2) is 26.7. The van der Waals surface area contributed by atoms with Crippen molar-refractivity contribution < 1.29 is 24.5 Å². The molecule has 4 rings (SSSR count). The molecule has 0 heterocycles. The summed E-state index contributed by atoms with van der Waals surface area (Å²) < 4.78 is 4.64. The molecule has 0 aromatic rings. The molecular weight excluding hydrogens is 584 g/mol. The van der Waals surface area contributed by atoms with E-state index in [1.54, 1.807) is 6.08 Å². The van der Waals surface area contributed by atoms with E-state index in [9.17, 15) is 19.8 Å². The Morgan fingerprint density at radius 1 is 1.06 bits per heavy atom. The Morgan fingerprint density at radius 2 is 1.68 bits per heavy atom. The van der Waals surface area contributed by atoms with Crippen LogP contribution in [-0.2, 0) is 14.3 Å². The van der Waals surface area contributed by atoms with E-state index < -0.39 is 0 Å². The van der Waals surface area contributed by atoms with Crippen molar-refractivity contribution in [2.75, 3.05) is 6.61 Å². The van der Waals surface area contributed by atoms with Crippen molar-refractivity contribution >= 4 is 12.3 Å². The minimum Gasteiger partial charge on any atom is -0.468 e. The maximum absolute atomic E-state index is 10.7. The lowest BCUT2D eigenvalue weighted by atomic mass is 9.48. The normalized spacial score (nSPS) is 21.3. The van der Waals surface area contributed by atoms with Gasteiger partial charge in [-0.2, -0.15) is 0 Å². The highest BCUT2D eigenvalue weighted by atomic mass is 16.5. The van der Waals surface area contributed by atoms with Crippen molar-refractivity contribution in [3.63, 3.8) is 0 Å². The minimum absolute atomic E-state index is 0.171. The summed E-state index contributed by atoms with van der Waals surface area (Å²) in [7, 11) is 0. The lowest BCUT2D eigenvalue weighted by Gasteiger charge is -2.57. The maximum atomic E-state index is 10.7. The summed E-state index contributed by atoms with van der Waals surface area (Å²) in [6, 6.07) is 0. The first kappa shape index (κ1) is 44.8. The Bertz CT molecular complexity index is 970. The van der Waals surface area contributed by atoms with Crippen LogP contribution < -0.4 is 0 Å². The molecule has 1 fully saturated rings. The Hall–Kier alpha value is -2.24. The van der Waals surface area contributed by atoms with E-state index in [2.05, 4.69) is 71.6 Å². The maximum Gasteiger partial charge on any atom is 0.293 e. The van der Waals surface area contributed by atoms with Crippen LogP contribution in [0.4, 0.5) is 0 Å². The molecule has 0 amide bonds. The van der Waals surface area contributed by atoms with Gasteiger partial charge in [-0.25, -0.2) is 0 Å². The van der Waals surface area contributed by atoms with Gasteiger partial charge in [0, 0.05) is 6.42 Å². The Labute approximate surface area is 289 Å². The number of carbonyl (C=O) groups is 2. The molecule has 4 aliphatic carbocycles. The molecule has 1 saturated carbocycles. The zero-order chi connectivity index (χ0) is 35.7. The average molecular weight is 657 g/mol. The van der Waals surface area contributed by atoms with E-state index in [1.165, 1.54) is 69.8 Å². The summed E-state index contributed by atoms with van der Waals surface area (Å²) in [5, 5.41) is 19.1. The molecule has 0 saturated heterocycles. The highest BCUT2D eigenvalue weighted by Crippen LogP contribution is 2.58. The van der Waals surface area contributed by atoms with E-state index in [1.807, 2.05) is 19.1 Å². The molecule has 2 bridgehead atoms. The summed E-state index contributed by atoms with van der Waals surface area (Å²) in [6.45, 7) is 23.4. The first-order valence-corrected chi connectivity index (χ1v) is 18.6. The predicted octanol–water partition coefficient (Wildman–Crippen LogP) is 10.8. The van der Waals surface area contributed by atoms with Crippen LogP contribution in [0.5, 0.6) is 0 Å². The number of unbranched alkanes of at least 4 members (excludes halogenated alkanes) is 8. The topological polar surface area (TPSA) is 83.8 Å². The molecule has 0 radical (unpaired) electrons. The van der Waals surface area contributed by atoms with Crippen LogP contribution in [0.25, 0.3) is 0 Å². The summed E-state index contributed by atoms with van der Waals surface area (Å²) in [6.07, 6.45) is 28.1. The average Bonchev–Trinajstić information content (AvgIpc) is 3.00. The fraction of sp³-hybridized carbons (Fsp3) is 0.714. The van der Waals surface area contributed by atoms with Gasteiger partial charge in [0.15, 0.2) is 5.78 Å². The molecule has 270 valence electrons. The number of carbonyl (C=O) groups excluding carboxylic acids is 2. The van der Waals surface area contributed by atoms with Crippen molar-refractivity contribution in [1.29, 1.82) is 0 Å². The van der Waals surface area contributed by atoms with Crippen molar-refractivity contribution in [3.05, 3.63) is 60.3 Å². The predicted molar refractivity (Wildman–Crippen MR) is 200 cm³/mol. The number of hydrogen-bond donors (Lipinski definition) is 2. The van der Waals surface area contributed by atoms with E-state index in [0.717, 1.165) is 49.2 Å². The number of ketones is 1. The van der Waals surface area contributed by atoms with E-state index >= 15 is 0 Å². The molecular formula is C42H72O5. The van der Waals surface area contributed by atoms with Gasteiger partial charge >= 0.3 is 0 Å². The van der Waals surface area contributed by atoms with E-state index in [0.29, 0.717) is 42.5 Å². The van der Waals surface area contributed by atoms with Crippen LogP contribution >= 0.6 is 0 Å². The fourth-order valence-corrected chi connectivity index (χ4v) is 6.48. The fourth-order valence-electron chi connectivity index (χ4n) is 6.48. The second-order valence-corrected chi connectivity index (χ2v) is 14.7. The van der Waals surface area contributed by atoms with E-state index in [4.69, 9.17) is 0 Å². The van der Waals surface area contributed by atoms with Crippen LogP contribution in [-0.4, -0.2) is 41.3 Å². The molecule has 4 atom stereocenters. The van der Waals surface area contributed by atoms with Gasteiger partial charge in [0.05, 0.1) is 18.8 Å². The number of aliphatic hydroxyl groups is 2. The van der Waals surface area contributed by atoms with Crippen LogP contribution in [0.3, 0.4) is 0 Å². The van der Waals surface area contributed by atoms with Crippen LogP contribution in [0.15, 0.2) is 60.3 Å². The number of ether oxygens (including phenoxy) is 1. The van der Waals surface area contributed by atoms with Crippen molar-refractivity contribution in [3.8, 4) is 0 Å². The molecule has 2 N–H and O–H groups in total. The summed E-state index contributed by atoms with van der Waals surface area (Å²) in [4.78, 5) is 20.6. The Morgan fingerprint density at radius 3 is 2.15 bits per heavy atom. The molecule has 5 nitrogen and oxygen atoms in total. The van der Waals surface area contributed by atoms with Gasteiger partial charge in [0.2, 0.25) is 0 Å².